The Morgan fingerprint density at radius 2 is 1.25 bits per heavy atom. The number of fused-ring (bicyclic) bond motifs is 1. The number of nitrogens with one attached hydrogen (secondary N) is 3. The summed E-state index contributed by atoms with van der Waals surface area (Å²) < 4.78 is 104. The smallest absolute Gasteiger partial charge is 0.296 e. The van der Waals surface area contributed by atoms with E-state index in [0.717, 1.165) is 35.6 Å². The molecule has 0 atom stereocenters. The lowest BCUT2D eigenvalue weighted by Crippen LogP contribution is -2.27. The van der Waals surface area contributed by atoms with E-state index in [2.05, 4.69) is 53.5 Å². The van der Waals surface area contributed by atoms with Crippen molar-refractivity contribution in [1.29, 1.82) is 10.5 Å². The van der Waals surface area contributed by atoms with E-state index in [4.69, 9.17) is 23.2 Å². The number of nitriles is 2. The topological polar surface area (TPSA) is 326 Å². The van der Waals surface area contributed by atoms with Crippen molar-refractivity contribution in [2.45, 2.75) is 42.4 Å². The van der Waals surface area contributed by atoms with E-state index in [1.54, 1.807) is 69.3 Å². The zero-order chi connectivity index (χ0) is 51.8. The highest BCUT2D eigenvalue weighted by molar-refractivity contribution is 7.86. The number of carbonyl (C=O) groups is 1. The van der Waals surface area contributed by atoms with E-state index in [1.165, 1.54) is 31.2 Å². The van der Waals surface area contributed by atoms with E-state index in [9.17, 15) is 54.2 Å². The fraction of sp³-hybridized carbons (Fsp3) is 0.111. The highest BCUT2D eigenvalue weighted by Gasteiger charge is 2.26. The first-order valence-corrected chi connectivity index (χ1v) is 26.0. The molecule has 26 heteroatoms. The Morgan fingerprint density at radius 1 is 0.662 bits per heavy atom. The molecule has 0 saturated heterocycles. The fourth-order valence-corrected chi connectivity index (χ4v) is 10.1. The SMILES string of the molecule is Cc1c(C#N)c(Nc2ccc(Cl)c(S(=O)(=O)O)c2)nc(Nc2ccc(Cl)cc2)c1N=Nc1sc(N=Nc2cc(S(=O)(=O)O)c3cccc(S(=O)(=O)O)c3c2)c(-c2ccc(NC(=O)C(C)(C)C)cc2)c1C#N. The summed E-state index contributed by atoms with van der Waals surface area (Å²) in [7, 11) is -14.7. The molecule has 7 rings (SSSR count). The molecular weight excluding hydrogens is 1040 g/mol. The van der Waals surface area contributed by atoms with Crippen LogP contribution in [0, 0.1) is 35.0 Å². The van der Waals surface area contributed by atoms with Crippen molar-refractivity contribution in [2.24, 2.45) is 25.9 Å². The molecule has 0 radical (unpaired) electrons. The van der Waals surface area contributed by atoms with Crippen LogP contribution in [-0.4, -0.2) is 49.8 Å². The number of aromatic nitrogens is 1. The van der Waals surface area contributed by atoms with Gasteiger partial charge in [-0.2, -0.15) is 35.8 Å². The van der Waals surface area contributed by atoms with E-state index in [1.807, 2.05) is 0 Å². The second kappa shape index (κ2) is 19.9. The van der Waals surface area contributed by atoms with Crippen LogP contribution in [0.3, 0.4) is 0 Å². The van der Waals surface area contributed by atoms with E-state index >= 15 is 0 Å². The van der Waals surface area contributed by atoms with Crippen molar-refractivity contribution >= 4 is 132 Å². The van der Waals surface area contributed by atoms with Gasteiger partial charge < -0.3 is 16.0 Å². The third kappa shape index (κ3) is 11.5. The van der Waals surface area contributed by atoms with Gasteiger partial charge in [0.2, 0.25) is 5.91 Å². The lowest BCUT2D eigenvalue weighted by Gasteiger charge is -2.17. The third-order valence-electron chi connectivity index (χ3n) is 10.2. The largest absolute Gasteiger partial charge is 0.339 e. The standard InChI is InChI=1S/C45H34Cl2N10O10S4/c1-23-32(21-48)40(51-28-16-17-34(47)37(19-28)71(65,66)67)53-41(50-26-14-10-25(46)11-15-26)39(23)55-56-42-33(22-49)38(24-8-12-27(13-9-24)52-44(58)45(2,3)4)43(68-42)57-54-29-18-31-30(36(20-29)70(62,63)64)6-5-7-35(31)69(59,60)61/h5-20H,1-4H3,(H,52,58)(H2,50,51,53)(H,59,60,61)(H,62,63,64)(H,65,66,67). The number of carbonyl (C=O) groups excluding carboxylic acids is 1. The van der Waals surface area contributed by atoms with Gasteiger partial charge in [-0.3, -0.25) is 18.5 Å². The predicted molar refractivity (Wildman–Crippen MR) is 267 cm³/mol. The number of hydrogen-bond acceptors (Lipinski definition) is 17. The lowest BCUT2D eigenvalue weighted by molar-refractivity contribution is -0.123. The van der Waals surface area contributed by atoms with Crippen molar-refractivity contribution in [2.75, 3.05) is 16.0 Å². The minimum absolute atomic E-state index is 0.00247. The molecule has 0 aliphatic rings. The van der Waals surface area contributed by atoms with Crippen LogP contribution in [0.2, 0.25) is 10.0 Å². The number of benzene rings is 5. The number of thiophene rings is 1. The summed E-state index contributed by atoms with van der Waals surface area (Å²) in [5.41, 5.74) is 0.396. The summed E-state index contributed by atoms with van der Waals surface area (Å²) in [4.78, 5) is 15.4. The molecular formula is C45H34Cl2N10O10S4. The summed E-state index contributed by atoms with van der Waals surface area (Å²) in [5.74, 6) is -0.362. The minimum atomic E-state index is -5.02. The van der Waals surface area contributed by atoms with Gasteiger partial charge in [0.1, 0.15) is 43.1 Å². The average molecular weight is 1070 g/mol. The number of hydrogen-bond donors (Lipinski definition) is 6. The molecule has 5 aromatic carbocycles. The van der Waals surface area contributed by atoms with Gasteiger partial charge in [-0.25, -0.2) is 4.98 Å². The maximum absolute atomic E-state index is 12.8. The van der Waals surface area contributed by atoms with Gasteiger partial charge in [0.15, 0.2) is 16.6 Å². The third-order valence-corrected chi connectivity index (χ3v) is 14.5. The molecule has 0 bridgehead atoms. The van der Waals surface area contributed by atoms with Crippen LogP contribution in [0.5, 0.6) is 0 Å². The van der Waals surface area contributed by atoms with Crippen molar-refractivity contribution in [1.82, 2.24) is 4.98 Å². The molecule has 20 nitrogen and oxygen atoms in total. The molecule has 362 valence electrons. The number of rotatable bonds is 13. The first-order chi connectivity index (χ1) is 33.3. The summed E-state index contributed by atoms with van der Waals surface area (Å²) in [6.07, 6.45) is 0. The summed E-state index contributed by atoms with van der Waals surface area (Å²) in [6.45, 7) is 6.73. The maximum Gasteiger partial charge on any atom is 0.296 e. The maximum atomic E-state index is 12.8. The second-order valence-corrected chi connectivity index (χ2v) is 22.1. The molecule has 1 amide bonds. The zero-order valence-corrected chi connectivity index (χ0v) is 41.7. The predicted octanol–water partition coefficient (Wildman–Crippen LogP) is 12.4. The first-order valence-electron chi connectivity index (χ1n) is 20.1. The molecule has 0 aliphatic carbocycles. The Labute approximate surface area is 419 Å². The van der Waals surface area contributed by atoms with Crippen LogP contribution in [-0.2, 0) is 35.1 Å². The normalized spacial score (nSPS) is 12.3. The van der Waals surface area contributed by atoms with Crippen molar-refractivity contribution in [3.8, 4) is 23.3 Å². The minimum Gasteiger partial charge on any atom is -0.339 e. The Bertz CT molecular complexity index is 3830. The number of anilines is 5. The molecule has 7 aromatic rings. The van der Waals surface area contributed by atoms with Crippen LogP contribution < -0.4 is 16.0 Å². The highest BCUT2D eigenvalue weighted by Crippen LogP contribution is 2.49. The fourth-order valence-electron chi connectivity index (χ4n) is 6.68. The van der Waals surface area contributed by atoms with Crippen LogP contribution in [0.1, 0.15) is 37.5 Å². The van der Waals surface area contributed by atoms with Gasteiger partial charge in [-0.15, -0.1) is 20.5 Å². The number of nitrogens with zero attached hydrogens (tertiary/aromatic N) is 7. The number of pyridine rings is 1. The molecule has 71 heavy (non-hydrogen) atoms. The average Bonchev–Trinajstić information content (AvgIpc) is 3.65. The van der Waals surface area contributed by atoms with Crippen LogP contribution in [0.25, 0.3) is 21.9 Å². The van der Waals surface area contributed by atoms with Crippen molar-refractivity contribution in [3.63, 3.8) is 0 Å². The van der Waals surface area contributed by atoms with Gasteiger partial charge in [0, 0.05) is 49.4 Å². The quantitative estimate of drug-likeness (QED) is 0.0462. The molecule has 0 spiro atoms. The Kier molecular flexibility index (Phi) is 14.4. The number of azo groups is 2. The van der Waals surface area contributed by atoms with Crippen LogP contribution in [0.4, 0.5) is 50.1 Å². The molecule has 0 fully saturated rings. The number of amides is 1. The molecule has 2 aromatic heterocycles. The molecule has 6 N–H and O–H groups in total. The van der Waals surface area contributed by atoms with Gasteiger partial charge >= 0.3 is 0 Å². The van der Waals surface area contributed by atoms with Gasteiger partial charge in [-0.05, 0) is 85.3 Å². The Hall–Kier alpha value is -7.23. The summed E-state index contributed by atoms with van der Waals surface area (Å²) in [5, 5.41) is 47.0. The monoisotopic (exact) mass is 1070 g/mol. The highest BCUT2D eigenvalue weighted by atomic mass is 35.5. The van der Waals surface area contributed by atoms with E-state index < -0.39 is 50.5 Å². The van der Waals surface area contributed by atoms with Crippen LogP contribution in [0.15, 0.2) is 132 Å². The molecule has 0 aliphatic heterocycles. The molecule has 0 unspecified atom stereocenters. The Balaban J connectivity index is 1.41. The Morgan fingerprint density at radius 3 is 1.86 bits per heavy atom. The van der Waals surface area contributed by atoms with Crippen LogP contribution >= 0.6 is 34.5 Å². The van der Waals surface area contributed by atoms with Crippen molar-refractivity contribution < 1.29 is 43.7 Å². The van der Waals surface area contributed by atoms with E-state index in [0.29, 0.717) is 22.0 Å². The molecule has 2 heterocycles. The number of halogens is 2. The van der Waals surface area contributed by atoms with Crippen molar-refractivity contribution in [3.05, 3.63) is 124 Å². The second-order valence-electron chi connectivity index (χ2n) is 16.1. The summed E-state index contributed by atoms with van der Waals surface area (Å²) in [6, 6.07) is 26.0. The van der Waals surface area contributed by atoms with Gasteiger partial charge in [0.05, 0.1) is 16.3 Å². The van der Waals surface area contributed by atoms with E-state index in [-0.39, 0.29) is 82.7 Å². The molecule has 0 saturated carbocycles. The summed E-state index contributed by atoms with van der Waals surface area (Å²) >= 11 is 13.0. The zero-order valence-electron chi connectivity index (χ0n) is 37.0. The van der Waals surface area contributed by atoms with Gasteiger partial charge in [0.25, 0.3) is 30.4 Å². The first kappa shape index (κ1) is 51.6. The lowest BCUT2D eigenvalue weighted by atomic mass is 9.95. The van der Waals surface area contributed by atoms with Gasteiger partial charge in [-0.1, -0.05) is 79.6 Å².